The van der Waals surface area contributed by atoms with Crippen LogP contribution in [-0.4, -0.2) is 39.6 Å². The summed E-state index contributed by atoms with van der Waals surface area (Å²) < 4.78 is 44.3. The number of nitrogens with zero attached hydrogens (tertiary/aromatic N) is 1. The van der Waals surface area contributed by atoms with Crippen LogP contribution in [0.15, 0.2) is 12.1 Å². The van der Waals surface area contributed by atoms with Gasteiger partial charge in [-0.05, 0) is 31.4 Å². The standard InChI is InChI=1S/C23H33F3N2O6/c24-23(25,26)18-15-14-17(34-16-10-13-21(32)33)22(27-18)28-19(29)11-8-6-4-2-1-3-5-7-9-12-20(30)31/h14-15H,1-13,16H2,(H,30,31)(H,32,33)(H,27,28,29). The first-order valence-corrected chi connectivity index (χ1v) is 11.5. The first kappa shape index (κ1) is 29.2. The number of hydrogen-bond acceptors (Lipinski definition) is 5. The van der Waals surface area contributed by atoms with Gasteiger partial charge in [-0.3, -0.25) is 14.4 Å². The number of anilines is 1. The Kier molecular flexibility index (Phi) is 13.6. The van der Waals surface area contributed by atoms with Crippen molar-refractivity contribution < 1.29 is 42.5 Å². The Morgan fingerprint density at radius 3 is 1.82 bits per heavy atom. The van der Waals surface area contributed by atoms with E-state index in [1.165, 1.54) is 0 Å². The van der Waals surface area contributed by atoms with E-state index in [1.807, 2.05) is 0 Å². The first-order chi connectivity index (χ1) is 16.1. The molecule has 0 saturated carbocycles. The summed E-state index contributed by atoms with van der Waals surface area (Å²) in [5.41, 5.74) is -1.16. The number of aromatic nitrogens is 1. The van der Waals surface area contributed by atoms with Crippen LogP contribution >= 0.6 is 0 Å². The Balaban J connectivity index is 2.38. The number of halogens is 3. The fraction of sp³-hybridized carbons (Fsp3) is 0.652. The summed E-state index contributed by atoms with van der Waals surface area (Å²) >= 11 is 0. The van der Waals surface area contributed by atoms with E-state index >= 15 is 0 Å². The predicted molar refractivity (Wildman–Crippen MR) is 119 cm³/mol. The molecule has 1 aromatic rings. The highest BCUT2D eigenvalue weighted by atomic mass is 19.4. The zero-order valence-electron chi connectivity index (χ0n) is 19.2. The number of carbonyl (C=O) groups is 3. The van der Waals surface area contributed by atoms with Crippen LogP contribution < -0.4 is 10.1 Å². The average Bonchev–Trinajstić information content (AvgIpc) is 2.74. The van der Waals surface area contributed by atoms with Gasteiger partial charge in [-0.15, -0.1) is 0 Å². The number of rotatable bonds is 18. The summed E-state index contributed by atoms with van der Waals surface area (Å²) in [5.74, 6) is -2.64. The lowest BCUT2D eigenvalue weighted by molar-refractivity contribution is -0.141. The summed E-state index contributed by atoms with van der Waals surface area (Å²) in [6, 6.07) is 1.81. The lowest BCUT2D eigenvalue weighted by Crippen LogP contribution is -2.16. The lowest BCUT2D eigenvalue weighted by Gasteiger charge is -2.14. The van der Waals surface area contributed by atoms with Crippen LogP contribution in [0.25, 0.3) is 0 Å². The Morgan fingerprint density at radius 2 is 1.29 bits per heavy atom. The molecule has 0 atom stereocenters. The Morgan fingerprint density at radius 1 is 0.794 bits per heavy atom. The highest BCUT2D eigenvalue weighted by Gasteiger charge is 2.33. The van der Waals surface area contributed by atoms with Gasteiger partial charge < -0.3 is 20.3 Å². The van der Waals surface area contributed by atoms with E-state index in [9.17, 15) is 27.6 Å². The van der Waals surface area contributed by atoms with Crippen LogP contribution in [0.3, 0.4) is 0 Å². The Bertz CT molecular complexity index is 786. The molecule has 34 heavy (non-hydrogen) atoms. The second kappa shape index (κ2) is 15.9. The van der Waals surface area contributed by atoms with Gasteiger partial charge in [0.2, 0.25) is 5.91 Å². The highest BCUT2D eigenvalue weighted by Crippen LogP contribution is 2.32. The SMILES string of the molecule is O=C(O)CCCCCCCCCCCC(=O)Nc1nc(C(F)(F)F)ccc1OCCCC(=O)O. The molecule has 1 aromatic heterocycles. The second-order valence-electron chi connectivity index (χ2n) is 8.01. The lowest BCUT2D eigenvalue weighted by atomic mass is 10.1. The monoisotopic (exact) mass is 490 g/mol. The summed E-state index contributed by atoms with van der Waals surface area (Å²) in [6.45, 7) is -0.0399. The number of hydrogen-bond donors (Lipinski definition) is 3. The molecule has 1 heterocycles. The van der Waals surface area contributed by atoms with Gasteiger partial charge in [-0.2, -0.15) is 13.2 Å². The van der Waals surface area contributed by atoms with Crippen LogP contribution in [0.2, 0.25) is 0 Å². The highest BCUT2D eigenvalue weighted by molar-refractivity contribution is 5.91. The number of alkyl halides is 3. The van der Waals surface area contributed by atoms with Crippen molar-refractivity contribution in [2.75, 3.05) is 11.9 Å². The molecule has 0 aromatic carbocycles. The zero-order chi connectivity index (χ0) is 25.4. The van der Waals surface area contributed by atoms with E-state index in [0.717, 1.165) is 57.1 Å². The maximum atomic E-state index is 13.0. The molecule has 0 aliphatic heterocycles. The van der Waals surface area contributed by atoms with E-state index in [4.69, 9.17) is 14.9 Å². The van der Waals surface area contributed by atoms with Gasteiger partial charge in [0.15, 0.2) is 11.6 Å². The van der Waals surface area contributed by atoms with Crippen LogP contribution in [0.1, 0.15) is 89.2 Å². The minimum absolute atomic E-state index is 0.0399. The Hall–Kier alpha value is -2.85. The molecule has 0 aliphatic rings. The smallest absolute Gasteiger partial charge is 0.433 e. The van der Waals surface area contributed by atoms with Gasteiger partial charge in [-0.1, -0.05) is 44.9 Å². The molecule has 1 rings (SSSR count). The third kappa shape index (κ3) is 13.6. The number of ether oxygens (including phenoxy) is 1. The van der Waals surface area contributed by atoms with E-state index in [-0.39, 0.29) is 43.9 Å². The van der Waals surface area contributed by atoms with Crippen molar-refractivity contribution in [3.8, 4) is 5.75 Å². The van der Waals surface area contributed by atoms with Crippen molar-refractivity contribution in [2.45, 2.75) is 89.6 Å². The van der Waals surface area contributed by atoms with E-state index in [2.05, 4.69) is 10.3 Å². The fourth-order valence-corrected chi connectivity index (χ4v) is 3.21. The molecule has 0 saturated heterocycles. The molecule has 0 fully saturated rings. The maximum Gasteiger partial charge on any atom is 0.433 e. The zero-order valence-corrected chi connectivity index (χ0v) is 19.2. The second-order valence-corrected chi connectivity index (χ2v) is 8.01. The van der Waals surface area contributed by atoms with E-state index < -0.39 is 29.7 Å². The number of nitrogens with one attached hydrogen (secondary N) is 1. The maximum absolute atomic E-state index is 13.0. The molecule has 11 heteroatoms. The summed E-state index contributed by atoms with van der Waals surface area (Å²) in [7, 11) is 0. The minimum Gasteiger partial charge on any atom is -0.490 e. The van der Waals surface area contributed by atoms with Crippen molar-refractivity contribution in [2.24, 2.45) is 0 Å². The van der Waals surface area contributed by atoms with Crippen molar-refractivity contribution >= 4 is 23.7 Å². The molecule has 0 unspecified atom stereocenters. The van der Waals surface area contributed by atoms with Crippen LogP contribution in [0.4, 0.5) is 19.0 Å². The number of aliphatic carboxylic acids is 2. The average molecular weight is 491 g/mol. The van der Waals surface area contributed by atoms with Gasteiger partial charge in [-0.25, -0.2) is 4.98 Å². The topological polar surface area (TPSA) is 126 Å². The molecular formula is C23H33F3N2O6. The van der Waals surface area contributed by atoms with Gasteiger partial charge in [0.1, 0.15) is 5.69 Å². The fourth-order valence-electron chi connectivity index (χ4n) is 3.21. The van der Waals surface area contributed by atoms with Crippen molar-refractivity contribution in [3.63, 3.8) is 0 Å². The molecular weight excluding hydrogens is 457 g/mol. The third-order valence-corrected chi connectivity index (χ3v) is 4.99. The van der Waals surface area contributed by atoms with Gasteiger partial charge in [0, 0.05) is 19.3 Å². The van der Waals surface area contributed by atoms with Gasteiger partial charge >= 0.3 is 18.1 Å². The summed E-state index contributed by atoms with van der Waals surface area (Å²) in [6.07, 6.45) is 3.66. The largest absolute Gasteiger partial charge is 0.490 e. The minimum atomic E-state index is -4.68. The van der Waals surface area contributed by atoms with Gasteiger partial charge in [0.25, 0.3) is 0 Å². The molecule has 0 spiro atoms. The molecule has 8 nitrogen and oxygen atoms in total. The van der Waals surface area contributed by atoms with Crippen molar-refractivity contribution in [1.82, 2.24) is 4.98 Å². The predicted octanol–water partition coefficient (Wildman–Crippen LogP) is 5.66. The molecule has 0 radical (unpaired) electrons. The molecule has 3 N–H and O–H groups in total. The molecule has 0 bridgehead atoms. The summed E-state index contributed by atoms with van der Waals surface area (Å²) in [5, 5.41) is 19.6. The molecule has 192 valence electrons. The first-order valence-electron chi connectivity index (χ1n) is 11.5. The number of carbonyl (C=O) groups excluding carboxylic acids is 1. The Labute approximate surface area is 196 Å². The number of unbranched alkanes of at least 4 members (excludes halogenated alkanes) is 8. The number of carboxylic acids is 2. The number of amides is 1. The van der Waals surface area contributed by atoms with Crippen LogP contribution in [0.5, 0.6) is 5.75 Å². The summed E-state index contributed by atoms with van der Waals surface area (Å²) in [4.78, 5) is 36.7. The number of carboxylic acid groups (broad SMARTS) is 2. The van der Waals surface area contributed by atoms with E-state index in [0.29, 0.717) is 12.8 Å². The molecule has 0 aliphatic carbocycles. The van der Waals surface area contributed by atoms with Crippen molar-refractivity contribution in [3.05, 3.63) is 17.8 Å². The molecule has 1 amide bonds. The van der Waals surface area contributed by atoms with Crippen molar-refractivity contribution in [1.29, 1.82) is 0 Å². The quantitative estimate of drug-likeness (QED) is 0.227. The van der Waals surface area contributed by atoms with Gasteiger partial charge in [0.05, 0.1) is 6.61 Å². The third-order valence-electron chi connectivity index (χ3n) is 4.99. The number of pyridine rings is 1. The van der Waals surface area contributed by atoms with Crippen LogP contribution in [-0.2, 0) is 20.6 Å². The van der Waals surface area contributed by atoms with E-state index in [1.54, 1.807) is 0 Å². The normalized spacial score (nSPS) is 11.3. The van der Waals surface area contributed by atoms with Crippen LogP contribution in [0, 0.1) is 0 Å².